The van der Waals surface area contributed by atoms with Gasteiger partial charge >= 0.3 is 0 Å². The van der Waals surface area contributed by atoms with Gasteiger partial charge in [-0.25, -0.2) is 4.68 Å². The fraction of sp³-hybridized carbons (Fsp3) is 0.158. The number of thioether (sulfide) groups is 2. The topological polar surface area (TPSA) is 46.9 Å². The van der Waals surface area contributed by atoms with Crippen LogP contribution in [-0.2, 0) is 10.5 Å². The number of amides is 1. The van der Waals surface area contributed by atoms with E-state index in [1.807, 2.05) is 59.6 Å². The van der Waals surface area contributed by atoms with Crippen LogP contribution in [0.4, 0.5) is 5.69 Å². The third kappa shape index (κ3) is 5.14. The number of anilines is 1. The molecule has 4 nitrogen and oxygen atoms in total. The molecule has 0 fully saturated rings. The number of nitrogens with one attached hydrogen (secondary N) is 1. The minimum Gasteiger partial charge on any atom is -0.325 e. The van der Waals surface area contributed by atoms with Gasteiger partial charge < -0.3 is 5.32 Å². The largest absolute Gasteiger partial charge is 0.325 e. The summed E-state index contributed by atoms with van der Waals surface area (Å²) < 4.78 is 1.83. The average Bonchev–Trinajstić information content (AvgIpc) is 3.17. The van der Waals surface area contributed by atoms with Crippen LogP contribution in [0.25, 0.3) is 5.69 Å². The molecular weight excluding hydrogens is 350 g/mol. The summed E-state index contributed by atoms with van der Waals surface area (Å²) in [5.41, 5.74) is 3.07. The number of aromatic nitrogens is 2. The van der Waals surface area contributed by atoms with E-state index in [9.17, 15) is 4.79 Å². The second-order valence-electron chi connectivity index (χ2n) is 5.39. The SMILES string of the molecule is CSc1cccc(NC(=O)CSCc2ccc(-n3cccn3)cc2)c1. The molecule has 2 aromatic carbocycles. The summed E-state index contributed by atoms with van der Waals surface area (Å²) in [4.78, 5) is 13.2. The lowest BCUT2D eigenvalue weighted by atomic mass is 10.2. The molecule has 0 bridgehead atoms. The van der Waals surface area contributed by atoms with Crippen molar-refractivity contribution in [2.45, 2.75) is 10.6 Å². The predicted octanol–water partition coefficient (Wildman–Crippen LogP) is 4.47. The molecule has 1 N–H and O–H groups in total. The average molecular weight is 370 g/mol. The first-order valence-electron chi connectivity index (χ1n) is 7.85. The molecule has 1 aromatic heterocycles. The Morgan fingerprint density at radius 2 is 2.00 bits per heavy atom. The zero-order valence-corrected chi connectivity index (χ0v) is 15.5. The van der Waals surface area contributed by atoms with Crippen molar-refractivity contribution in [3.63, 3.8) is 0 Å². The second-order valence-corrected chi connectivity index (χ2v) is 7.26. The van der Waals surface area contributed by atoms with Crippen molar-refractivity contribution in [3.05, 3.63) is 72.6 Å². The molecule has 0 radical (unpaired) electrons. The summed E-state index contributed by atoms with van der Waals surface area (Å²) in [6.07, 6.45) is 5.70. The molecular formula is C19H19N3OS2. The summed E-state index contributed by atoms with van der Waals surface area (Å²) >= 11 is 3.27. The minimum absolute atomic E-state index is 0.0245. The van der Waals surface area contributed by atoms with Crippen LogP contribution in [0.1, 0.15) is 5.56 Å². The molecule has 0 saturated heterocycles. The van der Waals surface area contributed by atoms with Gasteiger partial charge in [-0.05, 0) is 48.2 Å². The highest BCUT2D eigenvalue weighted by atomic mass is 32.2. The number of hydrogen-bond donors (Lipinski definition) is 1. The fourth-order valence-electron chi connectivity index (χ4n) is 2.33. The minimum atomic E-state index is 0.0245. The molecule has 0 spiro atoms. The van der Waals surface area contributed by atoms with Crippen LogP contribution in [0.15, 0.2) is 71.9 Å². The van der Waals surface area contributed by atoms with E-state index in [0.29, 0.717) is 5.75 Å². The van der Waals surface area contributed by atoms with Crippen LogP contribution in [0.3, 0.4) is 0 Å². The number of carbonyl (C=O) groups is 1. The normalized spacial score (nSPS) is 10.6. The molecule has 0 unspecified atom stereocenters. The third-order valence-electron chi connectivity index (χ3n) is 3.56. The number of benzene rings is 2. The summed E-state index contributed by atoms with van der Waals surface area (Å²) in [6.45, 7) is 0. The van der Waals surface area contributed by atoms with Crippen molar-refractivity contribution < 1.29 is 4.79 Å². The van der Waals surface area contributed by atoms with Gasteiger partial charge in [-0.15, -0.1) is 23.5 Å². The first-order chi connectivity index (χ1) is 12.2. The summed E-state index contributed by atoms with van der Waals surface area (Å²) in [5, 5.41) is 7.16. The van der Waals surface area contributed by atoms with Gasteiger partial charge in [-0.3, -0.25) is 4.79 Å². The molecule has 1 heterocycles. The molecule has 0 aliphatic carbocycles. The first kappa shape index (κ1) is 17.6. The standard InChI is InChI=1S/C19H19N3OS2/c1-24-18-5-2-4-16(12-18)21-19(23)14-25-13-15-6-8-17(9-7-15)22-11-3-10-20-22/h2-12H,13-14H2,1H3,(H,21,23). The number of rotatable bonds is 7. The highest BCUT2D eigenvalue weighted by molar-refractivity contribution is 7.99. The van der Waals surface area contributed by atoms with Gasteiger partial charge in [0.1, 0.15) is 0 Å². The Kier molecular flexibility index (Phi) is 6.19. The second kappa shape index (κ2) is 8.78. The Bertz CT molecular complexity index is 817. The van der Waals surface area contributed by atoms with Crippen molar-refractivity contribution in [2.24, 2.45) is 0 Å². The van der Waals surface area contributed by atoms with E-state index in [4.69, 9.17) is 0 Å². The van der Waals surface area contributed by atoms with E-state index >= 15 is 0 Å². The number of hydrogen-bond acceptors (Lipinski definition) is 4. The van der Waals surface area contributed by atoms with Crippen molar-refractivity contribution >= 4 is 35.1 Å². The van der Waals surface area contributed by atoms with E-state index < -0.39 is 0 Å². The highest BCUT2D eigenvalue weighted by Gasteiger charge is 2.04. The van der Waals surface area contributed by atoms with Gasteiger partial charge in [0.25, 0.3) is 0 Å². The van der Waals surface area contributed by atoms with Crippen molar-refractivity contribution in [1.82, 2.24) is 9.78 Å². The van der Waals surface area contributed by atoms with Crippen LogP contribution in [0.5, 0.6) is 0 Å². The van der Waals surface area contributed by atoms with Crippen LogP contribution < -0.4 is 5.32 Å². The molecule has 6 heteroatoms. The lowest BCUT2D eigenvalue weighted by Gasteiger charge is -2.07. The van der Waals surface area contributed by atoms with Crippen molar-refractivity contribution in [2.75, 3.05) is 17.3 Å². The summed E-state index contributed by atoms with van der Waals surface area (Å²) in [6, 6.07) is 18.0. The molecule has 3 rings (SSSR count). The van der Waals surface area contributed by atoms with E-state index in [0.717, 1.165) is 22.0 Å². The van der Waals surface area contributed by atoms with Crippen LogP contribution in [0.2, 0.25) is 0 Å². The summed E-state index contributed by atoms with van der Waals surface area (Å²) in [7, 11) is 0. The maximum Gasteiger partial charge on any atom is 0.234 e. The Hall–Kier alpha value is -2.18. The van der Waals surface area contributed by atoms with Gasteiger partial charge in [-0.2, -0.15) is 5.10 Å². The maximum atomic E-state index is 12.1. The molecule has 0 aliphatic rings. The zero-order valence-electron chi connectivity index (χ0n) is 13.9. The molecule has 128 valence electrons. The number of nitrogens with zero attached hydrogens (tertiary/aromatic N) is 2. The van der Waals surface area contributed by atoms with Crippen LogP contribution in [0, 0.1) is 0 Å². The monoisotopic (exact) mass is 369 g/mol. The Morgan fingerprint density at radius 3 is 2.72 bits per heavy atom. The van der Waals surface area contributed by atoms with E-state index in [1.165, 1.54) is 5.56 Å². The first-order valence-corrected chi connectivity index (χ1v) is 10.2. The van der Waals surface area contributed by atoms with Crippen molar-refractivity contribution in [3.8, 4) is 5.69 Å². The van der Waals surface area contributed by atoms with E-state index in [1.54, 1.807) is 29.7 Å². The van der Waals surface area contributed by atoms with E-state index in [-0.39, 0.29) is 5.91 Å². The molecule has 1 amide bonds. The van der Waals surface area contributed by atoms with Crippen LogP contribution >= 0.6 is 23.5 Å². The lowest BCUT2D eigenvalue weighted by Crippen LogP contribution is -2.14. The zero-order chi connectivity index (χ0) is 17.5. The Labute approximate surface area is 156 Å². The lowest BCUT2D eigenvalue weighted by molar-refractivity contribution is -0.113. The third-order valence-corrected chi connectivity index (χ3v) is 5.29. The summed E-state index contributed by atoms with van der Waals surface area (Å²) in [5.74, 6) is 1.26. The Morgan fingerprint density at radius 1 is 1.16 bits per heavy atom. The van der Waals surface area contributed by atoms with Gasteiger partial charge in [0.15, 0.2) is 0 Å². The molecule has 25 heavy (non-hydrogen) atoms. The van der Waals surface area contributed by atoms with Gasteiger partial charge in [0.2, 0.25) is 5.91 Å². The maximum absolute atomic E-state index is 12.1. The van der Waals surface area contributed by atoms with E-state index in [2.05, 4.69) is 22.5 Å². The predicted molar refractivity (Wildman–Crippen MR) is 107 cm³/mol. The quantitative estimate of drug-likeness (QED) is 0.624. The smallest absolute Gasteiger partial charge is 0.234 e. The number of carbonyl (C=O) groups excluding carboxylic acids is 1. The van der Waals surface area contributed by atoms with Gasteiger partial charge in [-0.1, -0.05) is 18.2 Å². The van der Waals surface area contributed by atoms with Crippen LogP contribution in [-0.4, -0.2) is 27.7 Å². The van der Waals surface area contributed by atoms with Gasteiger partial charge in [0.05, 0.1) is 11.4 Å². The molecule has 0 atom stereocenters. The molecule has 3 aromatic rings. The van der Waals surface area contributed by atoms with Gasteiger partial charge in [0, 0.05) is 28.7 Å². The fourth-order valence-corrected chi connectivity index (χ4v) is 3.57. The Balaban J connectivity index is 1.46. The van der Waals surface area contributed by atoms with Crippen molar-refractivity contribution in [1.29, 1.82) is 0 Å². The highest BCUT2D eigenvalue weighted by Crippen LogP contribution is 2.20. The molecule has 0 saturated carbocycles. The molecule has 0 aliphatic heterocycles.